The fraction of sp³-hybridized carbons (Fsp3) is 0.200. The summed E-state index contributed by atoms with van der Waals surface area (Å²) < 4.78 is 12.9. The van der Waals surface area contributed by atoms with Crippen LogP contribution in [0.1, 0.15) is 6.42 Å². The van der Waals surface area contributed by atoms with Crippen molar-refractivity contribution in [2.24, 2.45) is 5.73 Å². The number of nitrogens with one attached hydrogen (secondary N) is 1. The van der Waals surface area contributed by atoms with Crippen molar-refractivity contribution in [1.82, 2.24) is 14.5 Å². The van der Waals surface area contributed by atoms with Crippen molar-refractivity contribution in [2.45, 2.75) is 13.0 Å². The molecule has 3 heterocycles. The number of ether oxygens (including phenoxy) is 2. The summed E-state index contributed by atoms with van der Waals surface area (Å²) in [7, 11) is 0. The Hall–Kier alpha value is -3.32. The van der Waals surface area contributed by atoms with Crippen molar-refractivity contribution in [1.29, 1.82) is 0 Å². The van der Waals surface area contributed by atoms with E-state index in [9.17, 15) is 4.79 Å². The zero-order chi connectivity index (χ0) is 18.4. The molecule has 1 aliphatic rings. The van der Waals surface area contributed by atoms with E-state index in [0.717, 1.165) is 29.4 Å². The van der Waals surface area contributed by atoms with Crippen molar-refractivity contribution in [2.75, 3.05) is 13.3 Å². The predicted octanol–water partition coefficient (Wildman–Crippen LogP) is 2.62. The monoisotopic (exact) mass is 362 g/mol. The second-order valence-corrected chi connectivity index (χ2v) is 6.53. The van der Waals surface area contributed by atoms with Crippen LogP contribution in [0.3, 0.4) is 0 Å². The van der Waals surface area contributed by atoms with Crippen LogP contribution in [0.15, 0.2) is 47.4 Å². The van der Waals surface area contributed by atoms with Gasteiger partial charge in [-0.05, 0) is 19.0 Å². The van der Waals surface area contributed by atoms with Crippen molar-refractivity contribution in [3.63, 3.8) is 0 Å². The Labute approximate surface area is 154 Å². The van der Waals surface area contributed by atoms with Gasteiger partial charge in [0.2, 0.25) is 6.79 Å². The number of hydrogen-bond donors (Lipinski definition) is 2. The highest BCUT2D eigenvalue weighted by atomic mass is 16.7. The zero-order valence-electron chi connectivity index (χ0n) is 14.6. The predicted molar refractivity (Wildman–Crippen MR) is 103 cm³/mol. The lowest BCUT2D eigenvalue weighted by Gasteiger charge is -2.03. The molecule has 136 valence electrons. The largest absolute Gasteiger partial charge is 0.454 e. The summed E-state index contributed by atoms with van der Waals surface area (Å²) in [6.07, 6.45) is 2.85. The van der Waals surface area contributed by atoms with Crippen LogP contribution in [0.5, 0.6) is 11.5 Å². The van der Waals surface area contributed by atoms with Gasteiger partial charge in [0.15, 0.2) is 11.5 Å². The number of nitrogens with two attached hydrogens (primary N) is 1. The maximum Gasteiger partial charge on any atom is 0.275 e. The summed E-state index contributed by atoms with van der Waals surface area (Å²) in [4.78, 5) is 20.4. The Morgan fingerprint density at radius 3 is 2.85 bits per heavy atom. The Morgan fingerprint density at radius 1 is 1.19 bits per heavy atom. The standard InChI is InChI=1S/C20H18N4O3/c21-6-3-7-24-10-13(12-4-1-2-5-16(12)24)19-20(25)23-15-9-18-17(26-11-27-18)8-14(15)22-19/h1-2,4-5,8-10H,3,6-7,11,21H2,(H,23,25). The van der Waals surface area contributed by atoms with Gasteiger partial charge in [-0.25, -0.2) is 4.98 Å². The number of para-hydroxylation sites is 1. The van der Waals surface area contributed by atoms with Crippen LogP contribution in [0, 0.1) is 0 Å². The summed E-state index contributed by atoms with van der Waals surface area (Å²) in [5.41, 5.74) is 8.98. The highest BCUT2D eigenvalue weighted by Crippen LogP contribution is 2.35. The van der Waals surface area contributed by atoms with Crippen molar-refractivity contribution in [3.8, 4) is 22.8 Å². The van der Waals surface area contributed by atoms with Gasteiger partial charge >= 0.3 is 0 Å². The molecule has 0 saturated carbocycles. The Balaban J connectivity index is 1.72. The Kier molecular flexibility index (Phi) is 3.61. The third-order valence-corrected chi connectivity index (χ3v) is 4.83. The lowest BCUT2D eigenvalue weighted by molar-refractivity contribution is 0.174. The zero-order valence-corrected chi connectivity index (χ0v) is 14.6. The van der Waals surface area contributed by atoms with Gasteiger partial charge in [0, 0.05) is 41.3 Å². The minimum absolute atomic E-state index is 0.178. The topological polar surface area (TPSA) is 95.2 Å². The number of nitrogens with zero attached hydrogens (tertiary/aromatic N) is 2. The Morgan fingerprint density at radius 2 is 2.00 bits per heavy atom. The first-order valence-electron chi connectivity index (χ1n) is 8.86. The molecule has 0 radical (unpaired) electrons. The fourth-order valence-corrected chi connectivity index (χ4v) is 3.54. The van der Waals surface area contributed by atoms with E-state index < -0.39 is 0 Å². The molecule has 0 spiro atoms. The molecule has 0 saturated heterocycles. The van der Waals surface area contributed by atoms with Gasteiger partial charge in [0.05, 0.1) is 11.0 Å². The quantitative estimate of drug-likeness (QED) is 0.582. The number of fused-ring (bicyclic) bond motifs is 3. The summed E-state index contributed by atoms with van der Waals surface area (Å²) >= 11 is 0. The van der Waals surface area contributed by atoms with Crippen LogP contribution in [0.25, 0.3) is 33.2 Å². The molecular weight excluding hydrogens is 344 g/mol. The lowest BCUT2D eigenvalue weighted by atomic mass is 10.1. The molecular formula is C20H18N4O3. The summed E-state index contributed by atoms with van der Waals surface area (Å²) in [5, 5.41) is 0.993. The summed E-state index contributed by atoms with van der Waals surface area (Å²) in [5.74, 6) is 1.25. The van der Waals surface area contributed by atoms with Crippen LogP contribution < -0.4 is 20.8 Å². The van der Waals surface area contributed by atoms with E-state index in [0.29, 0.717) is 34.8 Å². The first-order chi connectivity index (χ1) is 13.2. The van der Waals surface area contributed by atoms with Crippen molar-refractivity contribution < 1.29 is 9.47 Å². The second kappa shape index (κ2) is 6.14. The summed E-state index contributed by atoms with van der Waals surface area (Å²) in [6, 6.07) is 11.6. The number of rotatable bonds is 4. The van der Waals surface area contributed by atoms with E-state index in [-0.39, 0.29) is 12.4 Å². The minimum Gasteiger partial charge on any atom is -0.454 e. The average Bonchev–Trinajstić information content (AvgIpc) is 3.28. The molecule has 4 aromatic rings. The third kappa shape index (κ3) is 2.55. The molecule has 7 heteroatoms. The molecule has 7 nitrogen and oxygen atoms in total. The van der Waals surface area contributed by atoms with Gasteiger partial charge in [-0.15, -0.1) is 0 Å². The van der Waals surface area contributed by atoms with E-state index in [4.69, 9.17) is 15.2 Å². The van der Waals surface area contributed by atoms with E-state index in [1.54, 1.807) is 12.1 Å². The third-order valence-electron chi connectivity index (χ3n) is 4.83. The van der Waals surface area contributed by atoms with Crippen LogP contribution in [-0.4, -0.2) is 27.9 Å². The maximum absolute atomic E-state index is 12.8. The van der Waals surface area contributed by atoms with E-state index >= 15 is 0 Å². The number of hydrogen-bond acceptors (Lipinski definition) is 5. The molecule has 0 fully saturated rings. The van der Waals surface area contributed by atoms with E-state index in [1.165, 1.54) is 0 Å². The number of aryl methyl sites for hydroxylation is 1. The van der Waals surface area contributed by atoms with E-state index in [1.807, 2.05) is 30.5 Å². The highest BCUT2D eigenvalue weighted by molar-refractivity contribution is 5.96. The lowest BCUT2D eigenvalue weighted by Crippen LogP contribution is -2.11. The van der Waals surface area contributed by atoms with Crippen LogP contribution in [-0.2, 0) is 6.54 Å². The molecule has 0 unspecified atom stereocenters. The molecule has 3 N–H and O–H groups in total. The van der Waals surface area contributed by atoms with Gasteiger partial charge in [-0.1, -0.05) is 18.2 Å². The smallest absolute Gasteiger partial charge is 0.275 e. The first-order valence-corrected chi connectivity index (χ1v) is 8.86. The number of H-pyrrole nitrogens is 1. The molecule has 2 aromatic carbocycles. The molecule has 0 aliphatic carbocycles. The van der Waals surface area contributed by atoms with Gasteiger partial charge in [-0.2, -0.15) is 0 Å². The van der Waals surface area contributed by atoms with Gasteiger partial charge in [0.1, 0.15) is 5.69 Å². The molecule has 27 heavy (non-hydrogen) atoms. The molecule has 0 atom stereocenters. The van der Waals surface area contributed by atoms with Crippen LogP contribution in [0.2, 0.25) is 0 Å². The van der Waals surface area contributed by atoms with Crippen molar-refractivity contribution in [3.05, 3.63) is 52.9 Å². The van der Waals surface area contributed by atoms with Gasteiger partial charge in [0.25, 0.3) is 5.56 Å². The van der Waals surface area contributed by atoms with Crippen molar-refractivity contribution >= 4 is 21.9 Å². The first kappa shape index (κ1) is 15.9. The van der Waals surface area contributed by atoms with Crippen LogP contribution in [0.4, 0.5) is 0 Å². The fourth-order valence-electron chi connectivity index (χ4n) is 3.54. The minimum atomic E-state index is -0.233. The van der Waals surface area contributed by atoms with Crippen LogP contribution >= 0.6 is 0 Å². The molecule has 1 aliphatic heterocycles. The maximum atomic E-state index is 12.8. The molecule has 0 bridgehead atoms. The number of aromatic amines is 1. The van der Waals surface area contributed by atoms with E-state index in [2.05, 4.69) is 14.5 Å². The summed E-state index contributed by atoms with van der Waals surface area (Å²) in [6.45, 7) is 1.59. The average molecular weight is 362 g/mol. The van der Waals surface area contributed by atoms with Gasteiger partial charge in [-0.3, -0.25) is 4.79 Å². The number of aromatic nitrogens is 3. The normalized spacial score (nSPS) is 12.9. The second-order valence-electron chi connectivity index (χ2n) is 6.53. The highest BCUT2D eigenvalue weighted by Gasteiger charge is 2.18. The molecule has 0 amide bonds. The molecule has 5 rings (SSSR count). The number of benzene rings is 2. The Bertz CT molecular complexity index is 1230. The molecule has 2 aromatic heterocycles. The van der Waals surface area contributed by atoms with Gasteiger partial charge < -0.3 is 24.8 Å². The SMILES string of the molecule is NCCCn1cc(-c2nc3cc4c(cc3[nH]c2=O)OCO4)c2ccccc21.